The zero-order valence-electron chi connectivity index (χ0n) is 16.9. The van der Waals surface area contributed by atoms with Crippen LogP contribution in [0, 0.1) is 5.92 Å². The summed E-state index contributed by atoms with van der Waals surface area (Å²) in [6.07, 6.45) is 2.61. The molecule has 0 spiro atoms. The highest BCUT2D eigenvalue weighted by atomic mass is 32.2. The predicted octanol–water partition coefficient (Wildman–Crippen LogP) is 5.96. The Kier molecular flexibility index (Phi) is 4.93. The van der Waals surface area contributed by atoms with E-state index >= 15 is 0 Å². The maximum absolute atomic E-state index is 6.14. The molecule has 0 amide bonds. The van der Waals surface area contributed by atoms with Gasteiger partial charge in [0.05, 0.1) is 28.1 Å². The summed E-state index contributed by atoms with van der Waals surface area (Å²) < 4.78 is 7.31. The monoisotopic (exact) mass is 401 g/mol. The summed E-state index contributed by atoms with van der Waals surface area (Å²) in [5, 5.41) is 2.31. The first-order chi connectivity index (χ1) is 12.8. The van der Waals surface area contributed by atoms with Gasteiger partial charge in [-0.1, -0.05) is 27.7 Å². The minimum Gasteiger partial charge on any atom is -0.370 e. The minimum atomic E-state index is -0.161. The summed E-state index contributed by atoms with van der Waals surface area (Å²) in [5.41, 5.74) is 4.72. The quantitative estimate of drug-likeness (QED) is 0.398. The van der Waals surface area contributed by atoms with Crippen molar-refractivity contribution in [3.8, 4) is 0 Å². The largest absolute Gasteiger partial charge is 0.370 e. The molecule has 4 heterocycles. The van der Waals surface area contributed by atoms with Crippen molar-refractivity contribution >= 4 is 43.5 Å². The van der Waals surface area contributed by atoms with Crippen LogP contribution in [0.15, 0.2) is 11.4 Å². The third kappa shape index (κ3) is 3.47. The molecule has 0 fully saturated rings. The lowest BCUT2D eigenvalue weighted by Gasteiger charge is -2.33. The van der Waals surface area contributed by atoms with E-state index in [-0.39, 0.29) is 5.60 Å². The molecule has 0 radical (unpaired) electrons. The second kappa shape index (κ2) is 6.98. The lowest BCUT2D eigenvalue weighted by Crippen LogP contribution is -2.32. The standard InChI is InChI=1S/C21H27N3OS2/c1-11(2)9-26-20-18-17(22-10-23-20)15-13-7-21(5,6)25-8-14(13)16(12(3)4)24-19(15)27-18/h10-12H,7-9H2,1-6H3. The normalized spacial score (nSPS) is 16.6. The SMILES string of the molecule is CC(C)CSc1ncnc2c1sc1nc(C(C)C)c3c(c12)CC(C)(C)OC3. The fourth-order valence-corrected chi connectivity index (χ4v) is 5.83. The minimum absolute atomic E-state index is 0.161. The van der Waals surface area contributed by atoms with Crippen molar-refractivity contribution in [3.05, 3.63) is 23.1 Å². The molecule has 1 aliphatic heterocycles. The van der Waals surface area contributed by atoms with Crippen LogP contribution in [0.4, 0.5) is 0 Å². The van der Waals surface area contributed by atoms with Crippen molar-refractivity contribution in [2.45, 2.75) is 71.1 Å². The molecular formula is C21H27N3OS2. The van der Waals surface area contributed by atoms with E-state index in [1.54, 1.807) is 17.7 Å². The Hall–Kier alpha value is -1.24. The van der Waals surface area contributed by atoms with E-state index in [0.29, 0.717) is 18.4 Å². The molecule has 27 heavy (non-hydrogen) atoms. The number of ether oxygens (including phenoxy) is 1. The Bertz CT molecular complexity index is 1010. The number of nitrogens with zero attached hydrogens (tertiary/aromatic N) is 3. The molecule has 0 N–H and O–H groups in total. The predicted molar refractivity (Wildman–Crippen MR) is 115 cm³/mol. The van der Waals surface area contributed by atoms with E-state index in [2.05, 4.69) is 46.5 Å². The highest BCUT2D eigenvalue weighted by Gasteiger charge is 2.32. The maximum atomic E-state index is 6.14. The Morgan fingerprint density at radius 1 is 1.19 bits per heavy atom. The first-order valence-electron chi connectivity index (χ1n) is 9.62. The molecule has 6 heteroatoms. The number of thiophene rings is 1. The van der Waals surface area contributed by atoms with Gasteiger partial charge in [0.25, 0.3) is 0 Å². The fourth-order valence-electron chi connectivity index (χ4n) is 3.64. The van der Waals surface area contributed by atoms with Gasteiger partial charge in [0.2, 0.25) is 0 Å². The molecule has 1 aliphatic rings. The van der Waals surface area contributed by atoms with Crippen molar-refractivity contribution in [2.75, 3.05) is 5.75 Å². The first-order valence-corrected chi connectivity index (χ1v) is 11.4. The van der Waals surface area contributed by atoms with E-state index in [9.17, 15) is 0 Å². The molecule has 0 aliphatic carbocycles. The summed E-state index contributed by atoms with van der Waals surface area (Å²) in [6.45, 7) is 13.9. The van der Waals surface area contributed by atoms with Crippen LogP contribution in [0.1, 0.15) is 64.3 Å². The molecule has 0 aromatic carbocycles. The van der Waals surface area contributed by atoms with Crippen LogP contribution in [-0.4, -0.2) is 26.3 Å². The maximum Gasteiger partial charge on any atom is 0.126 e. The van der Waals surface area contributed by atoms with Crippen molar-refractivity contribution in [3.63, 3.8) is 0 Å². The number of thioether (sulfide) groups is 1. The van der Waals surface area contributed by atoms with E-state index in [1.807, 2.05) is 11.8 Å². The number of pyridine rings is 1. The number of hydrogen-bond acceptors (Lipinski definition) is 6. The van der Waals surface area contributed by atoms with Gasteiger partial charge in [0, 0.05) is 23.1 Å². The number of hydrogen-bond donors (Lipinski definition) is 0. The van der Waals surface area contributed by atoms with E-state index in [0.717, 1.165) is 27.5 Å². The zero-order valence-corrected chi connectivity index (χ0v) is 18.6. The summed E-state index contributed by atoms with van der Waals surface area (Å²) >= 11 is 3.57. The first kappa shape index (κ1) is 19.1. The summed E-state index contributed by atoms with van der Waals surface area (Å²) in [4.78, 5) is 15.4. The molecule has 0 saturated carbocycles. The second-order valence-corrected chi connectivity index (χ2v) is 10.7. The summed E-state index contributed by atoms with van der Waals surface area (Å²) in [7, 11) is 0. The van der Waals surface area contributed by atoms with Gasteiger partial charge < -0.3 is 4.74 Å². The van der Waals surface area contributed by atoms with Gasteiger partial charge in [-0.3, -0.25) is 0 Å². The van der Waals surface area contributed by atoms with Gasteiger partial charge in [-0.15, -0.1) is 23.1 Å². The van der Waals surface area contributed by atoms with Gasteiger partial charge in [-0.2, -0.15) is 0 Å². The highest BCUT2D eigenvalue weighted by molar-refractivity contribution is 7.99. The molecule has 3 aromatic heterocycles. The van der Waals surface area contributed by atoms with E-state index in [4.69, 9.17) is 14.7 Å². The Morgan fingerprint density at radius 3 is 2.67 bits per heavy atom. The van der Waals surface area contributed by atoms with Crippen molar-refractivity contribution in [1.82, 2.24) is 15.0 Å². The molecule has 144 valence electrons. The van der Waals surface area contributed by atoms with Crippen molar-refractivity contribution in [2.24, 2.45) is 5.92 Å². The molecule has 4 nitrogen and oxygen atoms in total. The Morgan fingerprint density at radius 2 is 1.96 bits per heavy atom. The van der Waals surface area contributed by atoms with Crippen LogP contribution in [0.3, 0.4) is 0 Å². The highest BCUT2D eigenvalue weighted by Crippen LogP contribution is 2.43. The number of fused-ring (bicyclic) bond motifs is 5. The molecule has 3 aromatic rings. The molecule has 0 atom stereocenters. The van der Waals surface area contributed by atoms with Crippen molar-refractivity contribution in [1.29, 1.82) is 0 Å². The van der Waals surface area contributed by atoms with Crippen LogP contribution >= 0.6 is 23.1 Å². The van der Waals surface area contributed by atoms with Gasteiger partial charge in [0.1, 0.15) is 16.2 Å². The average molecular weight is 402 g/mol. The van der Waals surface area contributed by atoms with Crippen LogP contribution in [0.2, 0.25) is 0 Å². The molecule has 0 bridgehead atoms. The Labute approximate surface area is 169 Å². The van der Waals surface area contributed by atoms with Crippen LogP contribution < -0.4 is 0 Å². The van der Waals surface area contributed by atoms with Crippen LogP contribution in [0.5, 0.6) is 0 Å². The summed E-state index contributed by atoms with van der Waals surface area (Å²) in [6, 6.07) is 0. The molecule has 0 unspecified atom stereocenters. The van der Waals surface area contributed by atoms with E-state index in [1.165, 1.54) is 26.9 Å². The molecule has 0 saturated heterocycles. The lowest BCUT2D eigenvalue weighted by molar-refractivity contribution is -0.0402. The Balaban J connectivity index is 1.99. The second-order valence-electron chi connectivity index (χ2n) is 8.68. The number of rotatable bonds is 4. The number of aromatic nitrogens is 3. The van der Waals surface area contributed by atoms with Crippen LogP contribution in [0.25, 0.3) is 20.4 Å². The van der Waals surface area contributed by atoms with E-state index < -0.39 is 0 Å². The summed E-state index contributed by atoms with van der Waals surface area (Å²) in [5.74, 6) is 2.06. The van der Waals surface area contributed by atoms with Gasteiger partial charge in [0.15, 0.2) is 0 Å². The van der Waals surface area contributed by atoms with Crippen molar-refractivity contribution < 1.29 is 4.74 Å². The van der Waals surface area contributed by atoms with Gasteiger partial charge in [-0.25, -0.2) is 15.0 Å². The fraction of sp³-hybridized carbons (Fsp3) is 0.571. The average Bonchev–Trinajstić information content (AvgIpc) is 2.97. The smallest absolute Gasteiger partial charge is 0.126 e. The molecule has 4 rings (SSSR count). The lowest BCUT2D eigenvalue weighted by atomic mass is 9.87. The third-order valence-corrected chi connectivity index (χ3v) is 7.55. The van der Waals surface area contributed by atoms with Crippen LogP contribution in [-0.2, 0) is 17.8 Å². The topological polar surface area (TPSA) is 47.9 Å². The third-order valence-electron chi connectivity index (χ3n) is 4.93. The van der Waals surface area contributed by atoms with Gasteiger partial charge in [-0.05, 0) is 31.2 Å². The zero-order chi connectivity index (χ0) is 19.3. The molecular weight excluding hydrogens is 374 g/mol. The van der Waals surface area contributed by atoms with Gasteiger partial charge >= 0.3 is 0 Å².